The van der Waals surface area contributed by atoms with Crippen molar-refractivity contribution in [1.29, 1.82) is 0 Å². The zero-order valence-electron chi connectivity index (χ0n) is 11.8. The molecule has 1 aliphatic carbocycles. The fourth-order valence-electron chi connectivity index (χ4n) is 3.19. The van der Waals surface area contributed by atoms with Crippen LogP contribution in [0.2, 0.25) is 0 Å². The van der Waals surface area contributed by atoms with Gasteiger partial charge >= 0.3 is 5.76 Å². The van der Waals surface area contributed by atoms with E-state index >= 15 is 0 Å². The summed E-state index contributed by atoms with van der Waals surface area (Å²) in [6.45, 7) is 0. The van der Waals surface area contributed by atoms with E-state index in [9.17, 15) is 4.79 Å². The van der Waals surface area contributed by atoms with E-state index in [0.29, 0.717) is 10.4 Å². The number of benzene rings is 1. The van der Waals surface area contributed by atoms with Crippen LogP contribution in [0, 0.1) is 5.92 Å². The monoisotopic (exact) mass is 337 g/mol. The summed E-state index contributed by atoms with van der Waals surface area (Å²) in [6.07, 6.45) is 8.02. The van der Waals surface area contributed by atoms with Gasteiger partial charge in [-0.25, -0.2) is 4.79 Å². The minimum absolute atomic E-state index is 0.297. The van der Waals surface area contributed by atoms with E-state index in [2.05, 4.69) is 22.0 Å². The number of aromatic nitrogens is 1. The Morgan fingerprint density at radius 2 is 2.15 bits per heavy atom. The molecule has 1 heterocycles. The Bertz CT molecular complexity index is 652. The zero-order chi connectivity index (χ0) is 14.1. The first kappa shape index (κ1) is 13.9. The van der Waals surface area contributed by atoms with Crippen molar-refractivity contribution >= 4 is 27.0 Å². The maximum absolute atomic E-state index is 11.5. The largest absolute Gasteiger partial charge is 0.419 e. The smallest absolute Gasteiger partial charge is 0.408 e. The van der Waals surface area contributed by atoms with Gasteiger partial charge in [-0.05, 0) is 36.5 Å². The van der Waals surface area contributed by atoms with E-state index in [1.54, 1.807) is 11.6 Å². The average molecular weight is 338 g/mol. The number of nitrogens with zero attached hydrogens (tertiary/aromatic N) is 1. The number of rotatable bonds is 4. The van der Waals surface area contributed by atoms with E-state index in [-0.39, 0.29) is 5.76 Å². The van der Waals surface area contributed by atoms with Crippen LogP contribution in [0.25, 0.3) is 11.1 Å². The molecule has 20 heavy (non-hydrogen) atoms. The van der Waals surface area contributed by atoms with Gasteiger partial charge in [0.25, 0.3) is 0 Å². The Morgan fingerprint density at radius 3 is 2.90 bits per heavy atom. The van der Waals surface area contributed by atoms with Crippen LogP contribution in [0.1, 0.15) is 48.9 Å². The van der Waals surface area contributed by atoms with Gasteiger partial charge in [0.2, 0.25) is 0 Å². The summed E-state index contributed by atoms with van der Waals surface area (Å²) in [5.41, 5.74) is 2.74. The molecule has 0 N–H and O–H groups in total. The Morgan fingerprint density at radius 1 is 1.40 bits per heavy atom. The summed E-state index contributed by atoms with van der Waals surface area (Å²) in [7, 11) is 1.74. The molecule has 1 aliphatic rings. The minimum atomic E-state index is -0.297. The van der Waals surface area contributed by atoms with E-state index in [4.69, 9.17) is 4.42 Å². The van der Waals surface area contributed by atoms with Gasteiger partial charge < -0.3 is 4.42 Å². The summed E-state index contributed by atoms with van der Waals surface area (Å²) in [6, 6.07) is 6.05. The Hall–Kier alpha value is -1.03. The van der Waals surface area contributed by atoms with Gasteiger partial charge in [-0.15, -0.1) is 0 Å². The fourth-order valence-corrected chi connectivity index (χ4v) is 3.74. The highest BCUT2D eigenvalue weighted by atomic mass is 79.9. The number of aryl methyl sites for hydroxylation is 1. The Labute approximate surface area is 127 Å². The van der Waals surface area contributed by atoms with Crippen LogP contribution in [0.4, 0.5) is 0 Å². The lowest BCUT2D eigenvalue weighted by Crippen LogP contribution is -2.08. The molecule has 1 unspecified atom stereocenters. The van der Waals surface area contributed by atoms with Gasteiger partial charge in [0.1, 0.15) is 0 Å². The number of alkyl halides is 1. The van der Waals surface area contributed by atoms with Crippen molar-refractivity contribution in [2.24, 2.45) is 13.0 Å². The predicted molar refractivity (Wildman–Crippen MR) is 84.3 cm³/mol. The first-order valence-corrected chi connectivity index (χ1v) is 8.30. The molecule has 4 heteroatoms. The van der Waals surface area contributed by atoms with Crippen LogP contribution < -0.4 is 5.76 Å². The molecule has 0 amide bonds. The van der Waals surface area contributed by atoms with Crippen LogP contribution in [0.15, 0.2) is 27.4 Å². The highest BCUT2D eigenvalue weighted by Gasteiger charge is 2.18. The number of halogens is 1. The molecule has 0 aliphatic heterocycles. The molecule has 1 fully saturated rings. The summed E-state index contributed by atoms with van der Waals surface area (Å²) in [5.74, 6) is 0.614. The molecule has 0 radical (unpaired) electrons. The average Bonchev–Trinajstić information content (AvgIpc) is 3.05. The number of hydrogen-bond acceptors (Lipinski definition) is 2. The lowest BCUT2D eigenvalue weighted by atomic mass is 9.98. The van der Waals surface area contributed by atoms with Gasteiger partial charge in [-0.3, -0.25) is 4.57 Å². The maximum Gasteiger partial charge on any atom is 0.419 e. The SMILES string of the molecule is Cn1c(=O)oc2cc(C(Br)CCC3CCCC3)ccc21. The number of fused-ring (bicyclic) bond motifs is 1. The van der Waals surface area contributed by atoms with Crippen molar-refractivity contribution in [3.05, 3.63) is 34.3 Å². The van der Waals surface area contributed by atoms with E-state index < -0.39 is 0 Å². The predicted octanol–water partition coefficient (Wildman–Crippen LogP) is 4.54. The highest BCUT2D eigenvalue weighted by Crippen LogP contribution is 2.35. The normalized spacial score (nSPS) is 17.9. The highest BCUT2D eigenvalue weighted by molar-refractivity contribution is 9.09. The summed E-state index contributed by atoms with van der Waals surface area (Å²) in [5, 5.41) is 0. The molecule has 3 rings (SSSR count). The third-order valence-electron chi connectivity index (χ3n) is 4.48. The third-order valence-corrected chi connectivity index (χ3v) is 5.47. The zero-order valence-corrected chi connectivity index (χ0v) is 13.4. The van der Waals surface area contributed by atoms with Crippen molar-refractivity contribution in [3.8, 4) is 0 Å². The van der Waals surface area contributed by atoms with Crippen LogP contribution in [0.5, 0.6) is 0 Å². The molecule has 2 aromatic rings. The first-order chi connectivity index (χ1) is 9.65. The molecule has 0 bridgehead atoms. The van der Waals surface area contributed by atoms with Crippen LogP contribution in [0.3, 0.4) is 0 Å². The molecule has 108 valence electrons. The number of oxazole rings is 1. The first-order valence-electron chi connectivity index (χ1n) is 7.38. The van der Waals surface area contributed by atoms with Crippen molar-refractivity contribution in [2.45, 2.75) is 43.4 Å². The molecule has 1 atom stereocenters. The topological polar surface area (TPSA) is 35.1 Å². The van der Waals surface area contributed by atoms with Crippen molar-refractivity contribution in [3.63, 3.8) is 0 Å². The lowest BCUT2D eigenvalue weighted by Gasteiger charge is -2.13. The van der Waals surface area contributed by atoms with Crippen molar-refractivity contribution in [1.82, 2.24) is 4.57 Å². The van der Waals surface area contributed by atoms with E-state index in [1.807, 2.05) is 12.1 Å². The van der Waals surface area contributed by atoms with Gasteiger partial charge in [0, 0.05) is 11.9 Å². The molecule has 0 spiro atoms. The van der Waals surface area contributed by atoms with Gasteiger partial charge in [0.05, 0.1) is 5.52 Å². The molecule has 1 aromatic carbocycles. The Balaban J connectivity index is 1.73. The van der Waals surface area contributed by atoms with Gasteiger partial charge in [-0.2, -0.15) is 0 Å². The third kappa shape index (κ3) is 2.71. The molecule has 0 saturated heterocycles. The second-order valence-corrected chi connectivity index (χ2v) is 6.95. The summed E-state index contributed by atoms with van der Waals surface area (Å²) in [4.78, 5) is 11.8. The van der Waals surface area contributed by atoms with Crippen LogP contribution in [-0.2, 0) is 7.05 Å². The van der Waals surface area contributed by atoms with Crippen molar-refractivity contribution in [2.75, 3.05) is 0 Å². The molecule has 3 nitrogen and oxygen atoms in total. The minimum Gasteiger partial charge on any atom is -0.408 e. The van der Waals surface area contributed by atoms with E-state index in [1.165, 1.54) is 37.7 Å². The fraction of sp³-hybridized carbons (Fsp3) is 0.562. The van der Waals surface area contributed by atoms with Crippen molar-refractivity contribution < 1.29 is 4.42 Å². The second-order valence-electron chi connectivity index (χ2n) is 5.85. The standard InChI is InChI=1S/C16H20BrNO2/c1-18-14-9-7-12(10-15(14)20-16(18)19)13(17)8-6-11-4-2-3-5-11/h7,9-11,13H,2-6,8H2,1H3. The van der Waals surface area contributed by atoms with Gasteiger partial charge in [0.15, 0.2) is 5.58 Å². The molecule has 1 saturated carbocycles. The Kier molecular flexibility index (Phi) is 4.01. The van der Waals surface area contributed by atoms with Gasteiger partial charge in [-0.1, -0.05) is 47.7 Å². The summed E-state index contributed by atoms with van der Waals surface area (Å²) >= 11 is 3.78. The maximum atomic E-state index is 11.5. The molecular weight excluding hydrogens is 318 g/mol. The van der Waals surface area contributed by atoms with Crippen LogP contribution >= 0.6 is 15.9 Å². The second kappa shape index (κ2) is 5.76. The van der Waals surface area contributed by atoms with Crippen LogP contribution in [-0.4, -0.2) is 4.57 Å². The quantitative estimate of drug-likeness (QED) is 0.768. The molecular formula is C16H20BrNO2. The lowest BCUT2D eigenvalue weighted by molar-refractivity contribution is 0.483. The van der Waals surface area contributed by atoms with E-state index in [0.717, 1.165) is 17.9 Å². The number of hydrogen-bond donors (Lipinski definition) is 0. The molecule has 1 aromatic heterocycles. The summed E-state index contributed by atoms with van der Waals surface area (Å²) < 4.78 is 6.80.